The molecular weight excluding hydrogens is 369 g/mol. The van der Waals surface area contributed by atoms with E-state index < -0.39 is 26.4 Å². The Labute approximate surface area is 164 Å². The molecule has 0 rings (SSSR count). The Morgan fingerprint density at radius 2 is 1.30 bits per heavy atom. The molecule has 0 aliphatic rings. The molecule has 0 heterocycles. The van der Waals surface area contributed by atoms with Gasteiger partial charge in [0, 0.05) is 0 Å². The molecule has 0 spiro atoms. The molecule has 0 aromatic rings. The lowest BCUT2D eigenvalue weighted by Crippen LogP contribution is -2.38. The van der Waals surface area contributed by atoms with Crippen LogP contribution in [0.5, 0.6) is 0 Å². The van der Waals surface area contributed by atoms with Gasteiger partial charge in [0.05, 0.1) is 13.2 Å². The summed E-state index contributed by atoms with van der Waals surface area (Å²) in [5.74, 6) is -1.40. The number of carbonyl (C=O) groups is 1. The Bertz CT molecular complexity index is 408. The maximum absolute atomic E-state index is 11.7. The molecule has 4 N–H and O–H groups in total. The van der Waals surface area contributed by atoms with Crippen LogP contribution in [-0.4, -0.2) is 40.3 Å². The maximum atomic E-state index is 11.7. The highest BCUT2D eigenvalue weighted by atomic mass is 31.2. The molecule has 8 heteroatoms. The van der Waals surface area contributed by atoms with Crippen molar-refractivity contribution in [2.75, 3.05) is 13.2 Å². The summed E-state index contributed by atoms with van der Waals surface area (Å²) < 4.78 is 16.5. The van der Waals surface area contributed by atoms with Crippen molar-refractivity contribution < 1.29 is 29.0 Å². The van der Waals surface area contributed by atoms with Crippen LogP contribution in [0.4, 0.5) is 0 Å². The lowest BCUT2D eigenvalue weighted by atomic mass is 10.0. The SMILES string of the molecule is CCCCCCCCCCCCCCCCOP(=O)(O)N[C@@H](CO)C(=O)O. The Hall–Kier alpha value is -0.460. The highest BCUT2D eigenvalue weighted by molar-refractivity contribution is 7.50. The Balaban J connectivity index is 3.42. The molecule has 0 aromatic carbocycles. The summed E-state index contributed by atoms with van der Waals surface area (Å²) in [5.41, 5.74) is 0. The number of aliphatic hydroxyl groups excluding tert-OH is 1. The number of hydrogen-bond donors (Lipinski definition) is 4. The summed E-state index contributed by atoms with van der Waals surface area (Å²) >= 11 is 0. The summed E-state index contributed by atoms with van der Waals surface area (Å²) in [6.45, 7) is 1.56. The molecule has 0 aliphatic carbocycles. The van der Waals surface area contributed by atoms with Crippen molar-refractivity contribution in [3.05, 3.63) is 0 Å². The second kappa shape index (κ2) is 17.6. The van der Waals surface area contributed by atoms with E-state index in [0.29, 0.717) is 6.42 Å². The summed E-state index contributed by atoms with van der Waals surface area (Å²) in [5, 5.41) is 19.5. The van der Waals surface area contributed by atoms with Gasteiger partial charge in [-0.1, -0.05) is 90.4 Å². The third-order valence-electron chi connectivity index (χ3n) is 4.56. The van der Waals surface area contributed by atoms with Crippen molar-refractivity contribution in [2.45, 2.75) is 103 Å². The van der Waals surface area contributed by atoms with Crippen LogP contribution in [0.3, 0.4) is 0 Å². The van der Waals surface area contributed by atoms with Gasteiger partial charge in [0.1, 0.15) is 6.04 Å². The second-order valence-corrected chi connectivity index (χ2v) is 8.71. The number of rotatable bonds is 20. The standard InChI is InChI=1S/C19H40NO6P/c1-2-3-4-5-6-7-8-9-10-11-12-13-14-15-16-26-27(24,25)20-18(17-21)19(22)23/h18,21H,2-17H2,1H3,(H,22,23)(H2,20,24,25)/t18-/m0/s1. The van der Waals surface area contributed by atoms with E-state index in [0.717, 1.165) is 19.3 Å². The highest BCUT2D eigenvalue weighted by Gasteiger charge is 2.28. The summed E-state index contributed by atoms with van der Waals surface area (Å²) in [6.07, 6.45) is 17.1. The molecule has 0 bridgehead atoms. The van der Waals surface area contributed by atoms with Crippen LogP contribution in [-0.2, 0) is 13.9 Å². The normalized spacial score (nSPS) is 14.8. The fraction of sp³-hybridized carbons (Fsp3) is 0.947. The lowest BCUT2D eigenvalue weighted by Gasteiger charge is -2.17. The Morgan fingerprint density at radius 1 is 0.889 bits per heavy atom. The average Bonchev–Trinajstić information content (AvgIpc) is 2.62. The van der Waals surface area contributed by atoms with Gasteiger partial charge in [0.25, 0.3) is 0 Å². The number of hydrogen-bond acceptors (Lipinski definition) is 4. The minimum atomic E-state index is -4.20. The summed E-state index contributed by atoms with van der Waals surface area (Å²) in [6, 6.07) is -1.50. The molecule has 0 radical (unpaired) electrons. The molecule has 162 valence electrons. The van der Waals surface area contributed by atoms with Gasteiger partial charge >= 0.3 is 13.7 Å². The molecule has 0 saturated carbocycles. The Morgan fingerprint density at radius 3 is 1.67 bits per heavy atom. The van der Waals surface area contributed by atoms with E-state index in [9.17, 15) is 14.3 Å². The van der Waals surface area contributed by atoms with Gasteiger partial charge in [-0.3, -0.25) is 9.32 Å². The van der Waals surface area contributed by atoms with E-state index in [4.69, 9.17) is 14.7 Å². The van der Waals surface area contributed by atoms with Crippen molar-refractivity contribution in [3.63, 3.8) is 0 Å². The summed E-state index contributed by atoms with van der Waals surface area (Å²) in [7, 11) is -4.20. The van der Waals surface area contributed by atoms with Crippen LogP contribution in [0.25, 0.3) is 0 Å². The number of carboxylic acid groups (broad SMARTS) is 1. The largest absolute Gasteiger partial charge is 0.480 e. The quantitative estimate of drug-likeness (QED) is 0.171. The van der Waals surface area contributed by atoms with E-state index >= 15 is 0 Å². The van der Waals surface area contributed by atoms with E-state index in [-0.39, 0.29) is 6.61 Å². The zero-order chi connectivity index (χ0) is 20.4. The topological polar surface area (TPSA) is 116 Å². The van der Waals surface area contributed by atoms with Crippen LogP contribution in [0.15, 0.2) is 0 Å². The Kier molecular flexibility index (Phi) is 17.3. The number of unbranched alkanes of at least 4 members (excludes halogenated alkanes) is 13. The van der Waals surface area contributed by atoms with Crippen molar-refractivity contribution in [2.24, 2.45) is 0 Å². The predicted molar refractivity (Wildman–Crippen MR) is 108 cm³/mol. The molecule has 0 saturated heterocycles. The van der Waals surface area contributed by atoms with E-state index in [1.54, 1.807) is 0 Å². The zero-order valence-corrected chi connectivity index (χ0v) is 17.8. The number of carboxylic acids is 1. The fourth-order valence-electron chi connectivity index (χ4n) is 2.89. The monoisotopic (exact) mass is 409 g/mol. The van der Waals surface area contributed by atoms with Gasteiger partial charge in [-0.15, -0.1) is 0 Å². The minimum Gasteiger partial charge on any atom is -0.480 e. The highest BCUT2D eigenvalue weighted by Crippen LogP contribution is 2.37. The molecular formula is C19H40NO6P. The first-order chi connectivity index (χ1) is 12.9. The molecule has 0 aromatic heterocycles. The smallest absolute Gasteiger partial charge is 0.403 e. The maximum Gasteiger partial charge on any atom is 0.403 e. The van der Waals surface area contributed by atoms with Gasteiger partial charge in [0.15, 0.2) is 0 Å². The van der Waals surface area contributed by atoms with Gasteiger partial charge in [-0.05, 0) is 6.42 Å². The lowest BCUT2D eigenvalue weighted by molar-refractivity contribution is -0.140. The first kappa shape index (κ1) is 26.5. The van der Waals surface area contributed by atoms with Crippen molar-refractivity contribution >= 4 is 13.7 Å². The number of aliphatic carboxylic acids is 1. The van der Waals surface area contributed by atoms with E-state index in [1.807, 2.05) is 5.09 Å². The van der Waals surface area contributed by atoms with Crippen LogP contribution in [0.2, 0.25) is 0 Å². The summed E-state index contributed by atoms with van der Waals surface area (Å²) in [4.78, 5) is 20.2. The average molecular weight is 410 g/mol. The first-order valence-electron chi connectivity index (χ1n) is 10.5. The first-order valence-corrected chi connectivity index (χ1v) is 12.1. The van der Waals surface area contributed by atoms with Gasteiger partial charge in [-0.2, -0.15) is 0 Å². The van der Waals surface area contributed by atoms with E-state index in [1.165, 1.54) is 64.2 Å². The van der Waals surface area contributed by atoms with Crippen LogP contribution >= 0.6 is 7.75 Å². The van der Waals surface area contributed by atoms with Crippen molar-refractivity contribution in [1.82, 2.24) is 5.09 Å². The van der Waals surface area contributed by atoms with Crippen LogP contribution in [0, 0.1) is 0 Å². The molecule has 1 unspecified atom stereocenters. The second-order valence-electron chi connectivity index (χ2n) is 7.15. The van der Waals surface area contributed by atoms with Gasteiger partial charge in [0.2, 0.25) is 0 Å². The number of nitrogens with one attached hydrogen (secondary N) is 1. The van der Waals surface area contributed by atoms with Crippen LogP contribution in [0.1, 0.15) is 96.8 Å². The molecule has 0 amide bonds. The predicted octanol–water partition coefficient (Wildman–Crippen LogP) is 4.62. The zero-order valence-electron chi connectivity index (χ0n) is 16.9. The minimum absolute atomic E-state index is 0.0938. The van der Waals surface area contributed by atoms with Gasteiger partial charge < -0.3 is 15.1 Å². The van der Waals surface area contributed by atoms with Crippen molar-refractivity contribution in [1.29, 1.82) is 0 Å². The fourth-order valence-corrected chi connectivity index (χ4v) is 3.93. The van der Waals surface area contributed by atoms with Crippen molar-refractivity contribution in [3.8, 4) is 0 Å². The molecule has 2 atom stereocenters. The molecule has 27 heavy (non-hydrogen) atoms. The molecule has 0 fully saturated rings. The molecule has 7 nitrogen and oxygen atoms in total. The van der Waals surface area contributed by atoms with Crippen LogP contribution < -0.4 is 5.09 Å². The third-order valence-corrected chi connectivity index (χ3v) is 5.73. The van der Waals surface area contributed by atoms with E-state index in [2.05, 4.69) is 6.92 Å². The third kappa shape index (κ3) is 17.4. The molecule has 0 aliphatic heterocycles. The van der Waals surface area contributed by atoms with Gasteiger partial charge in [-0.25, -0.2) is 9.65 Å². The number of aliphatic hydroxyl groups is 1.